The van der Waals surface area contributed by atoms with Gasteiger partial charge in [-0.25, -0.2) is 0 Å². The van der Waals surface area contributed by atoms with Crippen molar-refractivity contribution in [3.63, 3.8) is 0 Å². The Balaban J connectivity index is 3.85. The molecule has 0 N–H and O–H groups in total. The number of nitrogens with zero attached hydrogens (tertiary/aromatic N) is 4. The Morgan fingerprint density at radius 2 is 1.22 bits per heavy atom. The van der Waals surface area contributed by atoms with Crippen LogP contribution in [-0.4, -0.2) is 49.1 Å². The third kappa shape index (κ3) is 8.75. The summed E-state index contributed by atoms with van der Waals surface area (Å²) in [5.74, 6) is 0. The minimum Gasteiger partial charge on any atom is -0.299 e. The Labute approximate surface area is 111 Å². The second-order valence-electron chi connectivity index (χ2n) is 4.07. The molecule has 0 heterocycles. The van der Waals surface area contributed by atoms with Crippen LogP contribution in [0.2, 0.25) is 0 Å². The van der Waals surface area contributed by atoms with Gasteiger partial charge in [0.05, 0.1) is 12.1 Å². The molecule has 0 saturated heterocycles. The highest BCUT2D eigenvalue weighted by atomic mass is 15.1. The molecule has 4 heteroatoms. The molecule has 0 spiro atoms. The van der Waals surface area contributed by atoms with E-state index in [-0.39, 0.29) is 0 Å². The first-order chi connectivity index (χ1) is 8.78. The molecular weight excluding hydrogens is 224 g/mol. The molecule has 0 aromatic rings. The number of hydrogen-bond acceptors (Lipinski definition) is 4. The summed E-state index contributed by atoms with van der Waals surface area (Å²) in [4.78, 5) is 4.48. The molecule has 0 amide bonds. The van der Waals surface area contributed by atoms with E-state index in [1.165, 1.54) is 0 Å². The topological polar surface area (TPSA) is 54.1 Å². The van der Waals surface area contributed by atoms with E-state index in [2.05, 4.69) is 47.9 Å². The van der Waals surface area contributed by atoms with E-state index in [0.29, 0.717) is 12.8 Å². The molecule has 0 saturated carbocycles. The number of nitriles is 2. The van der Waals surface area contributed by atoms with Crippen LogP contribution in [0.15, 0.2) is 12.2 Å². The lowest BCUT2D eigenvalue weighted by molar-refractivity contribution is 0.318. The normalized spacial score (nSPS) is 11.0. The first kappa shape index (κ1) is 16.6. The molecule has 0 unspecified atom stereocenters. The van der Waals surface area contributed by atoms with Crippen molar-refractivity contribution in [1.29, 1.82) is 10.5 Å². The van der Waals surface area contributed by atoms with Gasteiger partial charge in [-0.05, 0) is 13.1 Å². The molecule has 0 aliphatic carbocycles. The van der Waals surface area contributed by atoms with Crippen molar-refractivity contribution in [2.24, 2.45) is 0 Å². The maximum absolute atomic E-state index is 8.54. The average molecular weight is 248 g/mol. The Morgan fingerprint density at radius 1 is 0.833 bits per heavy atom. The fourth-order valence-electron chi connectivity index (χ4n) is 1.62. The minimum absolute atomic E-state index is 0.588. The number of hydrogen-bond donors (Lipinski definition) is 0. The number of rotatable bonds is 10. The lowest BCUT2D eigenvalue weighted by atomic mass is 10.3. The van der Waals surface area contributed by atoms with Crippen LogP contribution in [0.4, 0.5) is 0 Å². The van der Waals surface area contributed by atoms with Gasteiger partial charge in [-0.2, -0.15) is 10.5 Å². The lowest BCUT2D eigenvalue weighted by Gasteiger charge is -2.18. The van der Waals surface area contributed by atoms with E-state index in [1.54, 1.807) is 0 Å². The van der Waals surface area contributed by atoms with Crippen LogP contribution >= 0.6 is 0 Å². The third-order valence-corrected chi connectivity index (χ3v) is 2.87. The Morgan fingerprint density at radius 3 is 1.50 bits per heavy atom. The van der Waals surface area contributed by atoms with Gasteiger partial charge in [-0.15, -0.1) is 0 Å². The molecule has 4 nitrogen and oxygen atoms in total. The first-order valence-electron chi connectivity index (χ1n) is 6.62. The van der Waals surface area contributed by atoms with Gasteiger partial charge in [-0.1, -0.05) is 26.0 Å². The fourth-order valence-corrected chi connectivity index (χ4v) is 1.62. The van der Waals surface area contributed by atoms with E-state index < -0.39 is 0 Å². The van der Waals surface area contributed by atoms with Crippen LogP contribution in [0.1, 0.15) is 26.7 Å². The van der Waals surface area contributed by atoms with Gasteiger partial charge in [0.25, 0.3) is 0 Å². The summed E-state index contributed by atoms with van der Waals surface area (Å²) in [6.07, 6.45) is 5.47. The van der Waals surface area contributed by atoms with Crippen molar-refractivity contribution in [3.8, 4) is 12.1 Å². The third-order valence-electron chi connectivity index (χ3n) is 2.87. The highest BCUT2D eigenvalue weighted by Gasteiger charge is 2.00. The van der Waals surface area contributed by atoms with E-state index in [4.69, 9.17) is 10.5 Å². The van der Waals surface area contributed by atoms with Gasteiger partial charge in [-0.3, -0.25) is 9.80 Å². The predicted molar refractivity (Wildman–Crippen MR) is 73.8 cm³/mol. The highest BCUT2D eigenvalue weighted by molar-refractivity contribution is 4.88. The largest absolute Gasteiger partial charge is 0.299 e. The van der Waals surface area contributed by atoms with Crippen LogP contribution in [-0.2, 0) is 0 Å². The quantitative estimate of drug-likeness (QED) is 0.555. The van der Waals surface area contributed by atoms with E-state index >= 15 is 0 Å². The molecule has 0 radical (unpaired) electrons. The first-order valence-corrected chi connectivity index (χ1v) is 6.62. The Hall–Kier alpha value is -1.36. The van der Waals surface area contributed by atoms with Gasteiger partial charge >= 0.3 is 0 Å². The molecule has 0 aliphatic rings. The zero-order valence-electron chi connectivity index (χ0n) is 11.6. The molecule has 0 aliphatic heterocycles. The second kappa shape index (κ2) is 12.1. The SMILES string of the molecule is CCN(CC=CCN(CC)CCC#N)CCC#N. The molecule has 18 heavy (non-hydrogen) atoms. The van der Waals surface area contributed by atoms with Crippen LogP contribution in [0.3, 0.4) is 0 Å². The van der Waals surface area contributed by atoms with Crippen molar-refractivity contribution in [3.05, 3.63) is 12.2 Å². The van der Waals surface area contributed by atoms with Crippen molar-refractivity contribution in [2.75, 3.05) is 39.3 Å². The van der Waals surface area contributed by atoms with Gasteiger partial charge in [0.1, 0.15) is 0 Å². The van der Waals surface area contributed by atoms with Gasteiger partial charge in [0.15, 0.2) is 0 Å². The second-order valence-corrected chi connectivity index (χ2v) is 4.07. The van der Waals surface area contributed by atoms with E-state index in [0.717, 1.165) is 39.3 Å². The van der Waals surface area contributed by atoms with Crippen molar-refractivity contribution >= 4 is 0 Å². The van der Waals surface area contributed by atoms with Crippen molar-refractivity contribution < 1.29 is 0 Å². The zero-order valence-corrected chi connectivity index (χ0v) is 11.6. The summed E-state index contributed by atoms with van der Waals surface area (Å²) in [6.45, 7) is 9.62. The standard InChI is InChI=1S/C14H24N4/c1-3-17(13-7-9-15)11-5-6-12-18(4-2)14-8-10-16/h5-6H,3-4,7-8,11-14H2,1-2H3. The van der Waals surface area contributed by atoms with E-state index in [1.807, 2.05) is 0 Å². The van der Waals surface area contributed by atoms with Gasteiger partial charge in [0, 0.05) is 39.0 Å². The predicted octanol–water partition coefficient (Wildman–Crippen LogP) is 2.01. The number of likely N-dealkylation sites (N-methyl/N-ethyl adjacent to an activating group) is 2. The van der Waals surface area contributed by atoms with Gasteiger partial charge in [0.2, 0.25) is 0 Å². The Kier molecular flexibility index (Phi) is 11.2. The lowest BCUT2D eigenvalue weighted by Crippen LogP contribution is -2.26. The molecule has 0 bridgehead atoms. The maximum Gasteiger partial charge on any atom is 0.0635 e. The van der Waals surface area contributed by atoms with Crippen molar-refractivity contribution in [2.45, 2.75) is 26.7 Å². The summed E-state index contributed by atoms with van der Waals surface area (Å²) >= 11 is 0. The highest BCUT2D eigenvalue weighted by Crippen LogP contribution is 1.94. The molecular formula is C14H24N4. The Bertz CT molecular complexity index is 268. The summed E-state index contributed by atoms with van der Waals surface area (Å²) in [6, 6.07) is 4.34. The molecule has 0 aromatic heterocycles. The molecule has 100 valence electrons. The zero-order chi connectivity index (χ0) is 13.6. The summed E-state index contributed by atoms with van der Waals surface area (Å²) in [5, 5.41) is 17.1. The average Bonchev–Trinajstić information content (AvgIpc) is 2.41. The summed E-state index contributed by atoms with van der Waals surface area (Å²) < 4.78 is 0. The molecule has 0 rings (SSSR count). The van der Waals surface area contributed by atoms with Crippen LogP contribution < -0.4 is 0 Å². The maximum atomic E-state index is 8.54. The van der Waals surface area contributed by atoms with Crippen LogP contribution in [0.5, 0.6) is 0 Å². The van der Waals surface area contributed by atoms with E-state index in [9.17, 15) is 0 Å². The van der Waals surface area contributed by atoms with Gasteiger partial charge < -0.3 is 0 Å². The van der Waals surface area contributed by atoms with Crippen molar-refractivity contribution in [1.82, 2.24) is 9.80 Å². The summed E-state index contributed by atoms with van der Waals surface area (Å²) in [5.41, 5.74) is 0. The van der Waals surface area contributed by atoms with Crippen LogP contribution in [0, 0.1) is 22.7 Å². The molecule has 0 fully saturated rings. The fraction of sp³-hybridized carbons (Fsp3) is 0.714. The molecule has 0 aromatic carbocycles. The summed E-state index contributed by atoms with van der Waals surface area (Å²) in [7, 11) is 0. The molecule has 0 atom stereocenters. The van der Waals surface area contributed by atoms with Crippen LogP contribution in [0.25, 0.3) is 0 Å². The minimum atomic E-state index is 0.588. The smallest absolute Gasteiger partial charge is 0.0635 e. The monoisotopic (exact) mass is 248 g/mol.